The van der Waals surface area contributed by atoms with Crippen LogP contribution in [0.25, 0.3) is 0 Å². The zero-order valence-electron chi connectivity index (χ0n) is 15.5. The van der Waals surface area contributed by atoms with Crippen LogP contribution in [0.15, 0.2) is 28.1 Å². The summed E-state index contributed by atoms with van der Waals surface area (Å²) in [5.41, 5.74) is -0.797. The minimum Gasteiger partial charge on any atom is -0.485 e. The van der Waals surface area contributed by atoms with Gasteiger partial charge in [-0.25, -0.2) is 8.42 Å². The molecular weight excluding hydrogens is 394 g/mol. The number of nitriles is 1. The molecule has 0 unspecified atom stereocenters. The standard InChI is InChI=1S/C17H20F2N4O4S/c1-17(2)14(24)13(23-7-6-22(3)16(23)21-9-20)11-8-10(4-5-12(11)27-17)28(25,26)15(18)19/h4-5,8,13-15,24H,6-7H2,1-3H3/t13-,14+/m0/s1. The minimum atomic E-state index is -4.82. The Morgan fingerprint density at radius 1 is 1.39 bits per heavy atom. The number of aliphatic hydroxyl groups excluding tert-OH is 1. The van der Waals surface area contributed by atoms with Gasteiger partial charge in [-0.05, 0) is 32.0 Å². The lowest BCUT2D eigenvalue weighted by molar-refractivity contribution is -0.0802. The van der Waals surface area contributed by atoms with Crippen molar-refractivity contribution in [2.24, 2.45) is 4.99 Å². The molecule has 152 valence electrons. The number of rotatable bonds is 3. The van der Waals surface area contributed by atoms with Crippen LogP contribution < -0.4 is 4.74 Å². The maximum atomic E-state index is 13.0. The monoisotopic (exact) mass is 414 g/mol. The number of aliphatic imine (C=N–C) groups is 1. The van der Waals surface area contributed by atoms with Crippen LogP contribution in [-0.2, 0) is 9.84 Å². The number of sulfone groups is 1. The molecular formula is C17H20F2N4O4S. The number of halogens is 2. The molecule has 0 aromatic heterocycles. The van der Waals surface area contributed by atoms with Gasteiger partial charge < -0.3 is 19.6 Å². The Balaban J connectivity index is 2.18. The number of hydrogen-bond acceptors (Lipinski definition) is 6. The molecule has 3 rings (SSSR count). The number of fused-ring (bicyclic) bond motifs is 1. The van der Waals surface area contributed by atoms with E-state index in [0.717, 1.165) is 12.1 Å². The van der Waals surface area contributed by atoms with Crippen molar-refractivity contribution < 1.29 is 27.0 Å². The van der Waals surface area contributed by atoms with Crippen molar-refractivity contribution in [3.8, 4) is 11.9 Å². The van der Waals surface area contributed by atoms with Gasteiger partial charge in [-0.2, -0.15) is 14.0 Å². The van der Waals surface area contributed by atoms with Gasteiger partial charge >= 0.3 is 5.76 Å². The zero-order valence-corrected chi connectivity index (χ0v) is 16.3. The van der Waals surface area contributed by atoms with E-state index in [1.54, 1.807) is 36.9 Å². The van der Waals surface area contributed by atoms with Crippen molar-refractivity contribution >= 4 is 15.8 Å². The molecule has 0 spiro atoms. The van der Waals surface area contributed by atoms with Gasteiger partial charge in [0.25, 0.3) is 0 Å². The van der Waals surface area contributed by atoms with Crippen molar-refractivity contribution in [3.05, 3.63) is 23.8 Å². The van der Waals surface area contributed by atoms with E-state index in [4.69, 9.17) is 10.00 Å². The van der Waals surface area contributed by atoms with Gasteiger partial charge in [0, 0.05) is 25.7 Å². The molecule has 1 fully saturated rings. The van der Waals surface area contributed by atoms with Gasteiger partial charge in [0.15, 0.2) is 0 Å². The van der Waals surface area contributed by atoms with Crippen molar-refractivity contribution in [1.29, 1.82) is 5.26 Å². The lowest BCUT2D eigenvalue weighted by Crippen LogP contribution is -2.54. The normalized spacial score (nSPS) is 25.6. The Kier molecular flexibility index (Phi) is 4.97. The Bertz CT molecular complexity index is 958. The second-order valence-corrected chi connectivity index (χ2v) is 9.15. The number of aliphatic hydroxyl groups is 1. The van der Waals surface area contributed by atoms with E-state index < -0.39 is 38.2 Å². The molecule has 0 aliphatic carbocycles. The number of guanidine groups is 1. The molecule has 2 atom stereocenters. The summed E-state index contributed by atoms with van der Waals surface area (Å²) < 4.78 is 55.7. The average molecular weight is 414 g/mol. The SMILES string of the molecule is CN1CCN([C@H]2c3cc(S(=O)(=O)C(F)F)ccc3OC(C)(C)[C@@H]2O)C1=NC#N. The zero-order chi connectivity index (χ0) is 20.9. The molecule has 1 aromatic carbocycles. The molecule has 1 aromatic rings. The fourth-order valence-electron chi connectivity index (χ4n) is 3.50. The van der Waals surface area contributed by atoms with E-state index in [9.17, 15) is 22.3 Å². The second kappa shape index (κ2) is 6.86. The van der Waals surface area contributed by atoms with Gasteiger partial charge in [0.2, 0.25) is 22.0 Å². The van der Waals surface area contributed by atoms with Gasteiger partial charge in [-0.3, -0.25) is 0 Å². The fraction of sp³-hybridized carbons (Fsp3) is 0.529. The van der Waals surface area contributed by atoms with Gasteiger partial charge in [-0.1, -0.05) is 0 Å². The van der Waals surface area contributed by atoms with Gasteiger partial charge in [0.1, 0.15) is 17.5 Å². The van der Waals surface area contributed by atoms with Crippen LogP contribution in [-0.4, -0.2) is 66.9 Å². The van der Waals surface area contributed by atoms with Crippen molar-refractivity contribution in [3.63, 3.8) is 0 Å². The predicted molar refractivity (Wildman–Crippen MR) is 95.5 cm³/mol. The average Bonchev–Trinajstić information content (AvgIpc) is 2.96. The molecule has 28 heavy (non-hydrogen) atoms. The highest BCUT2D eigenvalue weighted by Gasteiger charge is 2.48. The summed E-state index contributed by atoms with van der Waals surface area (Å²) >= 11 is 0. The minimum absolute atomic E-state index is 0.245. The first kappa shape index (κ1) is 20.3. The maximum absolute atomic E-state index is 13.0. The lowest BCUT2D eigenvalue weighted by Gasteiger charge is -2.45. The summed E-state index contributed by atoms with van der Waals surface area (Å²) in [7, 11) is -3.09. The summed E-state index contributed by atoms with van der Waals surface area (Å²) in [5.74, 6) is -2.99. The molecule has 0 amide bonds. The molecule has 0 saturated carbocycles. The Morgan fingerprint density at radius 3 is 2.68 bits per heavy atom. The molecule has 0 bridgehead atoms. The van der Waals surface area contributed by atoms with Crippen molar-refractivity contribution in [2.45, 2.75) is 42.2 Å². The van der Waals surface area contributed by atoms with Crippen LogP contribution in [0.5, 0.6) is 5.75 Å². The highest BCUT2D eigenvalue weighted by atomic mass is 32.2. The van der Waals surface area contributed by atoms with E-state index in [0.29, 0.717) is 19.0 Å². The molecule has 8 nitrogen and oxygen atoms in total. The van der Waals surface area contributed by atoms with E-state index in [1.807, 2.05) is 0 Å². The molecule has 2 aliphatic rings. The number of benzene rings is 1. The van der Waals surface area contributed by atoms with Crippen LogP contribution in [0.1, 0.15) is 25.5 Å². The van der Waals surface area contributed by atoms with E-state index in [1.165, 1.54) is 6.07 Å². The number of alkyl halides is 2. The van der Waals surface area contributed by atoms with Gasteiger partial charge in [-0.15, -0.1) is 4.99 Å². The van der Waals surface area contributed by atoms with Crippen LogP contribution >= 0.6 is 0 Å². The predicted octanol–water partition coefficient (Wildman–Crippen LogP) is 1.34. The number of nitrogens with zero attached hydrogens (tertiary/aromatic N) is 4. The number of ether oxygens (including phenoxy) is 1. The first-order valence-electron chi connectivity index (χ1n) is 8.48. The van der Waals surface area contributed by atoms with Crippen LogP contribution in [0.2, 0.25) is 0 Å². The van der Waals surface area contributed by atoms with Crippen LogP contribution in [0.3, 0.4) is 0 Å². The molecule has 11 heteroatoms. The van der Waals surface area contributed by atoms with Crippen LogP contribution in [0, 0.1) is 11.5 Å². The molecule has 1 saturated heterocycles. The Hall–Kier alpha value is -2.45. The van der Waals surface area contributed by atoms with E-state index in [2.05, 4.69) is 4.99 Å². The number of hydrogen-bond donors (Lipinski definition) is 1. The molecule has 2 heterocycles. The Labute approximate surface area is 161 Å². The summed E-state index contributed by atoms with van der Waals surface area (Å²) in [5, 5.41) is 20.0. The van der Waals surface area contributed by atoms with E-state index in [-0.39, 0.29) is 11.3 Å². The van der Waals surface area contributed by atoms with Crippen molar-refractivity contribution in [1.82, 2.24) is 9.80 Å². The summed E-state index contributed by atoms with van der Waals surface area (Å²) in [6.07, 6.45) is 0.577. The fourth-order valence-corrected chi connectivity index (χ4v) is 4.25. The maximum Gasteiger partial charge on any atom is 0.341 e. The topological polar surface area (TPSA) is 106 Å². The van der Waals surface area contributed by atoms with Gasteiger partial charge in [0.05, 0.1) is 10.9 Å². The molecule has 2 aliphatic heterocycles. The first-order chi connectivity index (χ1) is 13.0. The molecule has 0 radical (unpaired) electrons. The lowest BCUT2D eigenvalue weighted by atomic mass is 9.85. The summed E-state index contributed by atoms with van der Waals surface area (Å²) in [6.45, 7) is 4.26. The largest absolute Gasteiger partial charge is 0.485 e. The summed E-state index contributed by atoms with van der Waals surface area (Å²) in [4.78, 5) is 6.62. The highest BCUT2D eigenvalue weighted by Crippen LogP contribution is 2.44. The quantitative estimate of drug-likeness (QED) is 0.744. The van der Waals surface area contributed by atoms with Crippen LogP contribution in [0.4, 0.5) is 8.78 Å². The first-order valence-corrected chi connectivity index (χ1v) is 10.0. The third kappa shape index (κ3) is 3.16. The smallest absolute Gasteiger partial charge is 0.341 e. The number of likely N-dealkylation sites (N-methyl/N-ethyl adjacent to an activating group) is 1. The second-order valence-electron chi connectivity index (χ2n) is 7.23. The van der Waals surface area contributed by atoms with E-state index >= 15 is 0 Å². The Morgan fingerprint density at radius 2 is 2.07 bits per heavy atom. The third-order valence-electron chi connectivity index (χ3n) is 5.01. The highest BCUT2D eigenvalue weighted by molar-refractivity contribution is 7.91. The molecule has 1 N–H and O–H groups in total. The summed E-state index contributed by atoms with van der Waals surface area (Å²) in [6, 6.07) is 2.64. The van der Waals surface area contributed by atoms with Crippen molar-refractivity contribution in [2.75, 3.05) is 20.1 Å². The third-order valence-corrected chi connectivity index (χ3v) is 6.39.